The zero-order valence-electron chi connectivity index (χ0n) is 16.3. The van der Waals surface area contributed by atoms with Crippen molar-refractivity contribution in [3.05, 3.63) is 77.2 Å². The molecule has 0 aliphatic heterocycles. The smallest absolute Gasteiger partial charge is 0.255 e. The fourth-order valence-corrected chi connectivity index (χ4v) is 3.73. The number of sulfonamides is 1. The topological polar surface area (TPSA) is 88.5 Å². The number of pyridine rings is 1. The Morgan fingerprint density at radius 2 is 1.62 bits per heavy atom. The highest BCUT2D eigenvalue weighted by molar-refractivity contribution is 7.89. The SMILES string of the molecule is CC(=O)Nc1cccc(-n2cc(-c3ccc(S(=O)(=O)N(C)C)cc3)ccc2=O)c1. The van der Waals surface area contributed by atoms with Gasteiger partial charge in [0.25, 0.3) is 5.56 Å². The molecule has 1 aromatic heterocycles. The van der Waals surface area contributed by atoms with Crippen molar-refractivity contribution in [1.29, 1.82) is 0 Å². The predicted molar refractivity (Wildman–Crippen MR) is 113 cm³/mol. The molecule has 1 N–H and O–H groups in total. The quantitative estimate of drug-likeness (QED) is 0.699. The number of nitrogens with one attached hydrogen (secondary N) is 1. The molecule has 3 aromatic rings. The van der Waals surface area contributed by atoms with E-state index in [1.54, 1.807) is 48.7 Å². The molecule has 0 radical (unpaired) electrons. The van der Waals surface area contributed by atoms with Crippen molar-refractivity contribution in [2.45, 2.75) is 11.8 Å². The standard InChI is InChI=1S/C21H21N3O4S/c1-15(25)22-18-5-4-6-19(13-18)24-14-17(9-12-21(24)26)16-7-10-20(11-8-16)29(27,28)23(2)3/h4-14H,1-3H3,(H,22,25). The summed E-state index contributed by atoms with van der Waals surface area (Å²) in [4.78, 5) is 23.9. The average molecular weight is 411 g/mol. The number of carbonyl (C=O) groups is 1. The number of carbonyl (C=O) groups excluding carboxylic acids is 1. The molecule has 150 valence electrons. The molecule has 0 saturated heterocycles. The maximum absolute atomic E-state index is 12.4. The molecule has 0 saturated carbocycles. The zero-order chi connectivity index (χ0) is 21.2. The molecule has 3 rings (SSSR count). The highest BCUT2D eigenvalue weighted by atomic mass is 32.2. The van der Waals surface area contributed by atoms with Gasteiger partial charge in [-0.3, -0.25) is 14.2 Å². The van der Waals surface area contributed by atoms with Crippen LogP contribution in [-0.4, -0.2) is 37.3 Å². The van der Waals surface area contributed by atoms with Gasteiger partial charge in [-0.05, 0) is 47.5 Å². The van der Waals surface area contributed by atoms with Gasteiger partial charge in [-0.1, -0.05) is 18.2 Å². The highest BCUT2D eigenvalue weighted by Crippen LogP contribution is 2.23. The van der Waals surface area contributed by atoms with E-state index in [2.05, 4.69) is 5.32 Å². The van der Waals surface area contributed by atoms with Gasteiger partial charge in [0.2, 0.25) is 15.9 Å². The first-order valence-electron chi connectivity index (χ1n) is 8.82. The molecule has 29 heavy (non-hydrogen) atoms. The summed E-state index contributed by atoms with van der Waals surface area (Å²) < 4.78 is 27.1. The largest absolute Gasteiger partial charge is 0.326 e. The van der Waals surface area contributed by atoms with Gasteiger partial charge >= 0.3 is 0 Å². The van der Waals surface area contributed by atoms with E-state index in [1.165, 1.54) is 43.8 Å². The lowest BCUT2D eigenvalue weighted by Gasteiger charge is -2.13. The summed E-state index contributed by atoms with van der Waals surface area (Å²) in [6, 6.07) is 16.6. The number of hydrogen-bond acceptors (Lipinski definition) is 4. The van der Waals surface area contributed by atoms with Crippen LogP contribution in [0.4, 0.5) is 5.69 Å². The average Bonchev–Trinajstić information content (AvgIpc) is 2.68. The lowest BCUT2D eigenvalue weighted by molar-refractivity contribution is -0.114. The molecule has 7 nitrogen and oxygen atoms in total. The molecule has 2 aromatic carbocycles. The Bertz CT molecular complexity index is 1210. The van der Waals surface area contributed by atoms with Crippen LogP contribution in [0.3, 0.4) is 0 Å². The second kappa shape index (κ2) is 8.02. The van der Waals surface area contributed by atoms with Crippen molar-refractivity contribution in [2.24, 2.45) is 0 Å². The third-order valence-electron chi connectivity index (χ3n) is 4.32. The van der Waals surface area contributed by atoms with E-state index in [1.807, 2.05) is 0 Å². The fourth-order valence-electron chi connectivity index (χ4n) is 2.83. The van der Waals surface area contributed by atoms with Crippen LogP contribution in [0.25, 0.3) is 16.8 Å². The lowest BCUT2D eigenvalue weighted by atomic mass is 10.1. The van der Waals surface area contributed by atoms with Crippen LogP contribution in [0.15, 0.2) is 76.6 Å². The third kappa shape index (κ3) is 4.44. The minimum atomic E-state index is -3.50. The van der Waals surface area contributed by atoms with Gasteiger partial charge < -0.3 is 5.32 Å². The summed E-state index contributed by atoms with van der Waals surface area (Å²) in [6.07, 6.45) is 1.69. The molecule has 0 fully saturated rings. The second-order valence-corrected chi connectivity index (χ2v) is 8.82. The Kier molecular flexibility index (Phi) is 5.67. The molecular formula is C21H21N3O4S. The normalized spacial score (nSPS) is 11.4. The first-order chi connectivity index (χ1) is 13.7. The number of rotatable bonds is 5. The number of anilines is 1. The summed E-state index contributed by atoms with van der Waals surface area (Å²) in [6.45, 7) is 1.42. The Balaban J connectivity index is 2.00. The summed E-state index contributed by atoms with van der Waals surface area (Å²) in [5.74, 6) is -0.198. The number of benzene rings is 2. The molecular weight excluding hydrogens is 390 g/mol. The molecule has 0 bridgehead atoms. The van der Waals surface area contributed by atoms with E-state index in [-0.39, 0.29) is 16.4 Å². The van der Waals surface area contributed by atoms with E-state index in [0.29, 0.717) is 11.4 Å². The maximum Gasteiger partial charge on any atom is 0.255 e. The molecule has 1 heterocycles. The van der Waals surface area contributed by atoms with Crippen LogP contribution < -0.4 is 10.9 Å². The van der Waals surface area contributed by atoms with Gasteiger partial charge in [0.1, 0.15) is 0 Å². The van der Waals surface area contributed by atoms with E-state index in [0.717, 1.165) is 15.4 Å². The molecule has 0 atom stereocenters. The maximum atomic E-state index is 12.4. The van der Waals surface area contributed by atoms with E-state index in [4.69, 9.17) is 0 Å². The number of nitrogens with zero attached hydrogens (tertiary/aromatic N) is 2. The van der Waals surface area contributed by atoms with Crippen molar-refractivity contribution < 1.29 is 13.2 Å². The number of hydrogen-bond donors (Lipinski definition) is 1. The second-order valence-electron chi connectivity index (χ2n) is 6.67. The molecule has 8 heteroatoms. The highest BCUT2D eigenvalue weighted by Gasteiger charge is 2.16. The Morgan fingerprint density at radius 1 is 0.966 bits per heavy atom. The Hall–Kier alpha value is -3.23. The monoisotopic (exact) mass is 411 g/mol. The minimum absolute atomic E-state index is 0.197. The molecule has 1 amide bonds. The van der Waals surface area contributed by atoms with Crippen LogP contribution in [0.5, 0.6) is 0 Å². The summed E-state index contributed by atoms with van der Waals surface area (Å²) in [7, 11) is -0.544. The fraction of sp³-hybridized carbons (Fsp3) is 0.143. The van der Waals surface area contributed by atoms with Gasteiger partial charge in [-0.25, -0.2) is 12.7 Å². The Morgan fingerprint density at radius 3 is 2.24 bits per heavy atom. The van der Waals surface area contributed by atoms with Gasteiger partial charge in [0.15, 0.2) is 0 Å². The first kappa shape index (κ1) is 20.5. The summed E-state index contributed by atoms with van der Waals surface area (Å²) in [5, 5.41) is 2.69. The zero-order valence-corrected chi connectivity index (χ0v) is 17.1. The third-order valence-corrected chi connectivity index (χ3v) is 6.15. The van der Waals surface area contributed by atoms with Crippen LogP contribution in [-0.2, 0) is 14.8 Å². The van der Waals surface area contributed by atoms with E-state index < -0.39 is 10.0 Å². The van der Waals surface area contributed by atoms with Crippen LogP contribution >= 0.6 is 0 Å². The van der Waals surface area contributed by atoms with Crippen molar-refractivity contribution >= 4 is 21.6 Å². The number of amides is 1. The van der Waals surface area contributed by atoms with Crippen molar-refractivity contribution in [1.82, 2.24) is 8.87 Å². The van der Waals surface area contributed by atoms with Crippen LogP contribution in [0, 0.1) is 0 Å². The molecule has 0 aliphatic carbocycles. The van der Waals surface area contributed by atoms with Gasteiger partial charge in [0.05, 0.1) is 10.6 Å². The van der Waals surface area contributed by atoms with Crippen molar-refractivity contribution in [3.63, 3.8) is 0 Å². The van der Waals surface area contributed by atoms with Crippen molar-refractivity contribution in [3.8, 4) is 16.8 Å². The number of aromatic nitrogens is 1. The Labute approximate surface area is 169 Å². The molecule has 0 aliphatic rings. The van der Waals surface area contributed by atoms with E-state index >= 15 is 0 Å². The lowest BCUT2D eigenvalue weighted by Crippen LogP contribution is -2.22. The van der Waals surface area contributed by atoms with Crippen LogP contribution in [0.1, 0.15) is 6.92 Å². The minimum Gasteiger partial charge on any atom is -0.326 e. The molecule has 0 unspecified atom stereocenters. The summed E-state index contributed by atoms with van der Waals surface area (Å²) in [5.41, 5.74) is 2.50. The van der Waals surface area contributed by atoms with Gasteiger partial charge in [0, 0.05) is 39.0 Å². The van der Waals surface area contributed by atoms with Crippen LogP contribution in [0.2, 0.25) is 0 Å². The summed E-state index contributed by atoms with van der Waals surface area (Å²) >= 11 is 0. The van der Waals surface area contributed by atoms with Gasteiger partial charge in [-0.2, -0.15) is 0 Å². The van der Waals surface area contributed by atoms with Gasteiger partial charge in [-0.15, -0.1) is 0 Å². The van der Waals surface area contributed by atoms with E-state index in [9.17, 15) is 18.0 Å². The predicted octanol–water partition coefficient (Wildman–Crippen LogP) is 2.71. The first-order valence-corrected chi connectivity index (χ1v) is 10.3. The van der Waals surface area contributed by atoms with Crippen molar-refractivity contribution in [2.75, 3.05) is 19.4 Å². The molecule has 0 spiro atoms.